The number of anilines is 1. The van der Waals surface area contributed by atoms with Crippen molar-refractivity contribution >= 4 is 11.6 Å². The first-order valence-electron chi connectivity index (χ1n) is 4.39. The molecule has 0 aliphatic carbocycles. The average molecular weight is 191 g/mol. The van der Waals surface area contributed by atoms with E-state index in [1.165, 1.54) is 6.08 Å². The molecular weight excluding hydrogens is 181 g/mol. The van der Waals surface area contributed by atoms with E-state index in [1.54, 1.807) is 24.3 Å². The van der Waals surface area contributed by atoms with Crippen molar-refractivity contribution in [3.05, 3.63) is 42.5 Å². The average Bonchev–Trinajstić information content (AvgIpc) is 2.41. The third kappa shape index (κ3) is 1.05. The highest BCUT2D eigenvalue weighted by Gasteiger charge is 2.46. The normalized spacial score (nSPS) is 24.2. The van der Waals surface area contributed by atoms with Gasteiger partial charge in [0.05, 0.1) is 0 Å². The Bertz CT molecular complexity index is 402. The highest BCUT2D eigenvalue weighted by molar-refractivity contribution is 6.05. The second kappa shape index (κ2) is 2.94. The van der Waals surface area contributed by atoms with Crippen LogP contribution in [0.15, 0.2) is 36.9 Å². The van der Waals surface area contributed by atoms with Crippen molar-refractivity contribution in [1.29, 1.82) is 0 Å². The summed E-state index contributed by atoms with van der Waals surface area (Å²) in [6, 6.07) is 6.80. The number of amides is 1. The van der Waals surface area contributed by atoms with Crippen molar-refractivity contribution < 1.29 is 9.18 Å². The number of hydrogen-bond acceptors (Lipinski definition) is 1. The number of alkyl halides is 1. The van der Waals surface area contributed by atoms with Crippen LogP contribution in [0.4, 0.5) is 10.1 Å². The van der Waals surface area contributed by atoms with Gasteiger partial charge in [-0.05, 0) is 6.07 Å². The number of carbonyl (C=O) groups is 1. The van der Waals surface area contributed by atoms with Crippen LogP contribution in [0.1, 0.15) is 12.0 Å². The van der Waals surface area contributed by atoms with Crippen LogP contribution >= 0.6 is 0 Å². The number of hydrogen-bond donors (Lipinski definition) is 1. The lowest BCUT2D eigenvalue weighted by Crippen LogP contribution is -2.28. The van der Waals surface area contributed by atoms with Crippen molar-refractivity contribution in [2.24, 2.45) is 0 Å². The monoisotopic (exact) mass is 191 g/mol. The fourth-order valence-electron chi connectivity index (χ4n) is 1.68. The first-order chi connectivity index (χ1) is 6.68. The van der Waals surface area contributed by atoms with Gasteiger partial charge >= 0.3 is 0 Å². The minimum absolute atomic E-state index is 0.00977. The molecule has 2 rings (SSSR count). The van der Waals surface area contributed by atoms with Crippen LogP contribution in [0.5, 0.6) is 0 Å². The van der Waals surface area contributed by atoms with Crippen molar-refractivity contribution in [2.75, 3.05) is 5.32 Å². The van der Waals surface area contributed by atoms with E-state index in [0.717, 1.165) is 0 Å². The molecule has 14 heavy (non-hydrogen) atoms. The lowest BCUT2D eigenvalue weighted by molar-refractivity contribution is -0.126. The van der Waals surface area contributed by atoms with E-state index in [2.05, 4.69) is 11.9 Å². The Balaban J connectivity index is 2.53. The van der Waals surface area contributed by atoms with Gasteiger partial charge in [-0.1, -0.05) is 24.3 Å². The summed E-state index contributed by atoms with van der Waals surface area (Å²) in [4.78, 5) is 11.4. The molecule has 0 radical (unpaired) electrons. The SMILES string of the molecule is C=CC[C@]1(F)C(=O)Nc2ccccc21. The smallest absolute Gasteiger partial charge is 0.267 e. The van der Waals surface area contributed by atoms with Gasteiger partial charge in [0.15, 0.2) is 0 Å². The number of para-hydroxylation sites is 1. The van der Waals surface area contributed by atoms with Gasteiger partial charge in [0.1, 0.15) is 0 Å². The van der Waals surface area contributed by atoms with E-state index < -0.39 is 11.6 Å². The summed E-state index contributed by atoms with van der Waals surface area (Å²) < 4.78 is 14.2. The van der Waals surface area contributed by atoms with Crippen molar-refractivity contribution in [1.82, 2.24) is 0 Å². The van der Waals surface area contributed by atoms with E-state index in [4.69, 9.17) is 0 Å². The van der Waals surface area contributed by atoms with Crippen molar-refractivity contribution in [3.8, 4) is 0 Å². The van der Waals surface area contributed by atoms with Crippen LogP contribution in [0.3, 0.4) is 0 Å². The largest absolute Gasteiger partial charge is 0.323 e. The zero-order valence-corrected chi connectivity index (χ0v) is 7.59. The topological polar surface area (TPSA) is 29.1 Å². The standard InChI is InChI=1S/C11H10FNO/c1-2-7-11(12)8-5-3-4-6-9(8)13-10(11)14/h2-6H,1,7H2,(H,13,14)/t11-/m1/s1. The predicted octanol–water partition coefficient (Wildman–Crippen LogP) is 2.38. The molecule has 1 aliphatic rings. The molecule has 0 saturated carbocycles. The highest BCUT2D eigenvalue weighted by atomic mass is 19.1. The Labute approximate surface area is 81.4 Å². The zero-order chi connectivity index (χ0) is 10.2. The molecule has 2 nitrogen and oxygen atoms in total. The highest BCUT2D eigenvalue weighted by Crippen LogP contribution is 2.41. The van der Waals surface area contributed by atoms with Gasteiger partial charge in [0.2, 0.25) is 5.67 Å². The third-order valence-corrected chi connectivity index (χ3v) is 2.39. The number of carbonyl (C=O) groups excluding carboxylic acids is 1. The summed E-state index contributed by atoms with van der Waals surface area (Å²) in [5, 5.41) is 2.51. The van der Waals surface area contributed by atoms with Gasteiger partial charge in [0.25, 0.3) is 5.91 Å². The molecule has 1 N–H and O–H groups in total. The molecule has 1 heterocycles. The maximum atomic E-state index is 14.2. The van der Waals surface area contributed by atoms with E-state index in [0.29, 0.717) is 11.3 Å². The van der Waals surface area contributed by atoms with Crippen LogP contribution in [0.2, 0.25) is 0 Å². The molecule has 0 unspecified atom stereocenters. The number of fused-ring (bicyclic) bond motifs is 1. The van der Waals surface area contributed by atoms with Gasteiger partial charge in [-0.15, -0.1) is 6.58 Å². The summed E-state index contributed by atoms with van der Waals surface area (Å²) in [6.07, 6.45) is 1.43. The maximum absolute atomic E-state index is 14.2. The Kier molecular flexibility index (Phi) is 1.88. The molecule has 72 valence electrons. The van der Waals surface area contributed by atoms with Crippen molar-refractivity contribution in [2.45, 2.75) is 12.1 Å². The number of nitrogens with one attached hydrogen (secondary N) is 1. The van der Waals surface area contributed by atoms with Crippen LogP contribution in [0, 0.1) is 0 Å². The molecule has 0 saturated heterocycles. The quantitative estimate of drug-likeness (QED) is 0.714. The molecule has 0 fully saturated rings. The molecule has 0 spiro atoms. The van der Waals surface area contributed by atoms with Crippen LogP contribution in [-0.4, -0.2) is 5.91 Å². The Morgan fingerprint density at radius 3 is 2.93 bits per heavy atom. The summed E-state index contributed by atoms with van der Waals surface area (Å²) in [5.41, 5.74) is -0.968. The van der Waals surface area contributed by atoms with Crippen molar-refractivity contribution in [3.63, 3.8) is 0 Å². The number of halogens is 1. The van der Waals surface area contributed by atoms with E-state index in [-0.39, 0.29) is 6.42 Å². The summed E-state index contributed by atoms with van der Waals surface area (Å²) in [5.74, 6) is -0.599. The van der Waals surface area contributed by atoms with Crippen LogP contribution < -0.4 is 5.32 Å². The molecule has 0 bridgehead atoms. The first kappa shape index (κ1) is 8.94. The Hall–Kier alpha value is -1.64. The number of benzene rings is 1. The van der Waals surface area contributed by atoms with Gasteiger partial charge in [-0.25, -0.2) is 4.39 Å². The second-order valence-corrected chi connectivity index (χ2v) is 3.29. The lowest BCUT2D eigenvalue weighted by Gasteiger charge is -2.14. The van der Waals surface area contributed by atoms with Crippen LogP contribution in [-0.2, 0) is 10.5 Å². The van der Waals surface area contributed by atoms with Gasteiger partial charge in [-0.3, -0.25) is 4.79 Å². The van der Waals surface area contributed by atoms with E-state index in [1.807, 2.05) is 0 Å². The Morgan fingerprint density at radius 1 is 1.50 bits per heavy atom. The zero-order valence-electron chi connectivity index (χ0n) is 7.59. The molecule has 1 aliphatic heterocycles. The van der Waals surface area contributed by atoms with E-state index in [9.17, 15) is 9.18 Å². The fraction of sp³-hybridized carbons (Fsp3) is 0.182. The minimum atomic E-state index is -1.93. The Morgan fingerprint density at radius 2 is 2.21 bits per heavy atom. The fourth-order valence-corrected chi connectivity index (χ4v) is 1.68. The maximum Gasteiger partial charge on any atom is 0.267 e. The number of allylic oxidation sites excluding steroid dienone is 1. The minimum Gasteiger partial charge on any atom is -0.323 e. The summed E-state index contributed by atoms with van der Waals surface area (Å²) in [7, 11) is 0. The molecule has 1 aromatic carbocycles. The molecular formula is C11H10FNO. The first-order valence-corrected chi connectivity index (χ1v) is 4.39. The molecule has 1 atom stereocenters. The molecule has 3 heteroatoms. The lowest BCUT2D eigenvalue weighted by atomic mass is 9.94. The molecule has 0 aromatic heterocycles. The van der Waals surface area contributed by atoms with Gasteiger partial charge in [0, 0.05) is 17.7 Å². The van der Waals surface area contributed by atoms with Gasteiger partial charge < -0.3 is 5.32 Å². The van der Waals surface area contributed by atoms with Crippen LogP contribution in [0.25, 0.3) is 0 Å². The molecule has 1 aromatic rings. The summed E-state index contributed by atoms with van der Waals surface area (Å²) in [6.45, 7) is 3.46. The third-order valence-electron chi connectivity index (χ3n) is 2.39. The predicted molar refractivity (Wildman–Crippen MR) is 52.7 cm³/mol. The second-order valence-electron chi connectivity index (χ2n) is 3.29. The summed E-state index contributed by atoms with van der Waals surface area (Å²) >= 11 is 0. The van der Waals surface area contributed by atoms with Gasteiger partial charge in [-0.2, -0.15) is 0 Å². The molecule has 1 amide bonds. The number of rotatable bonds is 2. The van der Waals surface area contributed by atoms with E-state index >= 15 is 0 Å².